The van der Waals surface area contributed by atoms with Crippen molar-refractivity contribution < 1.29 is 9.18 Å². The number of fused-ring (bicyclic) bond motifs is 3. The molecule has 158 valence electrons. The van der Waals surface area contributed by atoms with Crippen LogP contribution in [0.3, 0.4) is 0 Å². The first-order valence-corrected chi connectivity index (χ1v) is 11.4. The first-order valence-electron chi connectivity index (χ1n) is 10.6. The van der Waals surface area contributed by atoms with Gasteiger partial charge in [0.15, 0.2) is 5.78 Å². The van der Waals surface area contributed by atoms with Crippen molar-refractivity contribution >= 4 is 27.3 Å². The summed E-state index contributed by atoms with van der Waals surface area (Å²) in [6.07, 6.45) is 4.11. The number of ketones is 1. The van der Waals surface area contributed by atoms with E-state index >= 15 is 0 Å². The molecule has 0 saturated heterocycles. The van der Waals surface area contributed by atoms with E-state index in [1.807, 2.05) is 0 Å². The predicted molar refractivity (Wildman–Crippen MR) is 118 cm³/mol. The van der Waals surface area contributed by atoms with Crippen molar-refractivity contribution in [2.24, 2.45) is 0 Å². The summed E-state index contributed by atoms with van der Waals surface area (Å²) < 4.78 is 14.8. The molecule has 3 aromatic rings. The number of aromatic nitrogens is 2. The molecule has 2 heterocycles. The smallest absolute Gasteiger partial charge is 0.263 e. The van der Waals surface area contributed by atoms with Crippen LogP contribution >= 0.6 is 11.3 Å². The predicted octanol–water partition coefficient (Wildman–Crippen LogP) is 4.20. The lowest BCUT2D eigenvalue weighted by Gasteiger charge is -2.20. The summed E-state index contributed by atoms with van der Waals surface area (Å²) >= 11 is 1.63. The fourth-order valence-electron chi connectivity index (χ4n) is 4.08. The molecule has 2 aromatic heterocycles. The molecule has 0 atom stereocenters. The van der Waals surface area contributed by atoms with E-state index in [0.717, 1.165) is 49.2 Å². The van der Waals surface area contributed by atoms with Crippen molar-refractivity contribution in [2.45, 2.75) is 52.6 Å². The quantitative estimate of drug-likeness (QED) is 0.530. The molecule has 0 spiro atoms. The molecule has 30 heavy (non-hydrogen) atoms. The highest BCUT2D eigenvalue weighted by Crippen LogP contribution is 2.33. The number of thiophene rings is 1. The number of hydrogen-bond acceptors (Lipinski definition) is 5. The van der Waals surface area contributed by atoms with Gasteiger partial charge in [-0.1, -0.05) is 13.8 Å². The summed E-state index contributed by atoms with van der Waals surface area (Å²) in [6.45, 7) is 6.22. The van der Waals surface area contributed by atoms with E-state index in [2.05, 4.69) is 18.7 Å². The van der Waals surface area contributed by atoms with Crippen LogP contribution in [0.2, 0.25) is 0 Å². The molecule has 0 aliphatic heterocycles. The zero-order valence-corrected chi connectivity index (χ0v) is 18.2. The molecule has 7 heteroatoms. The van der Waals surface area contributed by atoms with E-state index in [1.54, 1.807) is 11.3 Å². The van der Waals surface area contributed by atoms with Crippen LogP contribution in [0.1, 0.15) is 53.3 Å². The van der Waals surface area contributed by atoms with Crippen molar-refractivity contribution in [1.29, 1.82) is 0 Å². The van der Waals surface area contributed by atoms with Gasteiger partial charge in [-0.3, -0.25) is 19.1 Å². The van der Waals surface area contributed by atoms with Gasteiger partial charge in [0.05, 0.1) is 18.5 Å². The Labute approximate surface area is 179 Å². The maximum Gasteiger partial charge on any atom is 0.263 e. The average molecular weight is 428 g/mol. The number of hydrogen-bond donors (Lipinski definition) is 0. The molecule has 0 unspecified atom stereocenters. The van der Waals surface area contributed by atoms with E-state index in [4.69, 9.17) is 4.98 Å². The molecular weight excluding hydrogens is 401 g/mol. The Hall–Kier alpha value is -2.38. The van der Waals surface area contributed by atoms with Gasteiger partial charge < -0.3 is 0 Å². The molecule has 1 aliphatic carbocycles. The SMILES string of the molecule is CCN(CC)Cc1nc2sc3c(c2c(=O)n1CC(=O)c1ccc(F)cc1)CCCC3. The molecule has 5 nitrogen and oxygen atoms in total. The Morgan fingerprint density at radius 1 is 1.17 bits per heavy atom. The first kappa shape index (κ1) is 20.9. The van der Waals surface area contributed by atoms with E-state index in [1.165, 1.54) is 33.7 Å². The largest absolute Gasteiger partial charge is 0.297 e. The number of rotatable bonds is 7. The zero-order chi connectivity index (χ0) is 21.3. The van der Waals surface area contributed by atoms with Gasteiger partial charge in [-0.15, -0.1) is 11.3 Å². The number of benzene rings is 1. The van der Waals surface area contributed by atoms with Gasteiger partial charge in [-0.25, -0.2) is 9.37 Å². The lowest BCUT2D eigenvalue weighted by Crippen LogP contribution is -2.33. The first-order chi connectivity index (χ1) is 14.5. The van der Waals surface area contributed by atoms with Crippen LogP contribution in [0.15, 0.2) is 29.1 Å². The maximum absolute atomic E-state index is 13.6. The fraction of sp³-hybridized carbons (Fsp3) is 0.435. The lowest BCUT2D eigenvalue weighted by molar-refractivity contribution is 0.0968. The number of carbonyl (C=O) groups is 1. The molecule has 1 aromatic carbocycles. The molecule has 0 N–H and O–H groups in total. The minimum atomic E-state index is -0.390. The third-order valence-electron chi connectivity index (χ3n) is 5.88. The Morgan fingerprint density at radius 2 is 1.87 bits per heavy atom. The van der Waals surface area contributed by atoms with Gasteiger partial charge in [0.25, 0.3) is 5.56 Å². The number of nitrogens with zero attached hydrogens (tertiary/aromatic N) is 3. The Kier molecular flexibility index (Phi) is 6.11. The molecule has 0 fully saturated rings. The van der Waals surface area contributed by atoms with Crippen LogP contribution in [-0.4, -0.2) is 33.3 Å². The van der Waals surface area contributed by atoms with Gasteiger partial charge in [0.1, 0.15) is 16.5 Å². The van der Waals surface area contributed by atoms with Crippen LogP contribution in [0.5, 0.6) is 0 Å². The molecular formula is C23H26FN3O2S. The van der Waals surface area contributed by atoms with Crippen LogP contribution in [0.4, 0.5) is 4.39 Å². The van der Waals surface area contributed by atoms with Crippen molar-refractivity contribution in [2.75, 3.05) is 13.1 Å². The van der Waals surface area contributed by atoms with Crippen LogP contribution in [0, 0.1) is 5.82 Å². The van der Waals surface area contributed by atoms with Gasteiger partial charge in [-0.05, 0) is 68.6 Å². The molecule has 0 bridgehead atoms. The van der Waals surface area contributed by atoms with Crippen molar-refractivity contribution in [1.82, 2.24) is 14.5 Å². The number of Topliss-reactive ketones (excluding diaryl/α,β-unsaturated/α-hetero) is 1. The highest BCUT2D eigenvalue weighted by molar-refractivity contribution is 7.18. The lowest BCUT2D eigenvalue weighted by atomic mass is 9.97. The number of carbonyl (C=O) groups excluding carboxylic acids is 1. The summed E-state index contributed by atoms with van der Waals surface area (Å²) in [7, 11) is 0. The Bertz CT molecular complexity index is 1130. The second-order valence-corrected chi connectivity index (χ2v) is 8.79. The topological polar surface area (TPSA) is 55.2 Å². The molecule has 1 aliphatic rings. The van der Waals surface area contributed by atoms with E-state index in [-0.39, 0.29) is 23.7 Å². The Balaban J connectivity index is 1.81. The second-order valence-electron chi connectivity index (χ2n) is 7.70. The van der Waals surface area contributed by atoms with Gasteiger partial charge in [-0.2, -0.15) is 0 Å². The normalized spacial score (nSPS) is 13.7. The summed E-state index contributed by atoms with van der Waals surface area (Å²) in [5.41, 5.74) is 1.39. The number of aryl methyl sites for hydroxylation is 2. The van der Waals surface area contributed by atoms with Gasteiger partial charge in [0, 0.05) is 10.4 Å². The van der Waals surface area contributed by atoms with E-state index in [9.17, 15) is 14.0 Å². The summed E-state index contributed by atoms with van der Waals surface area (Å²) in [6, 6.07) is 5.46. The van der Waals surface area contributed by atoms with Gasteiger partial charge >= 0.3 is 0 Å². The number of halogens is 1. The second kappa shape index (κ2) is 8.78. The molecule has 0 radical (unpaired) electrons. The third kappa shape index (κ3) is 3.96. The molecule has 0 saturated carbocycles. The fourth-order valence-corrected chi connectivity index (χ4v) is 5.35. The summed E-state index contributed by atoms with van der Waals surface area (Å²) in [5.74, 6) is 0.00679. The van der Waals surface area contributed by atoms with E-state index < -0.39 is 0 Å². The summed E-state index contributed by atoms with van der Waals surface area (Å²) in [5, 5.41) is 0.685. The highest BCUT2D eigenvalue weighted by Gasteiger charge is 2.23. The van der Waals surface area contributed by atoms with E-state index in [0.29, 0.717) is 23.3 Å². The monoisotopic (exact) mass is 427 g/mol. The van der Waals surface area contributed by atoms with Crippen LogP contribution in [0.25, 0.3) is 10.2 Å². The minimum Gasteiger partial charge on any atom is -0.297 e. The minimum absolute atomic E-state index is 0.0887. The maximum atomic E-state index is 13.6. The van der Waals surface area contributed by atoms with Crippen LogP contribution < -0.4 is 5.56 Å². The van der Waals surface area contributed by atoms with Crippen molar-refractivity contribution in [3.63, 3.8) is 0 Å². The third-order valence-corrected chi connectivity index (χ3v) is 7.07. The van der Waals surface area contributed by atoms with Gasteiger partial charge in [0.2, 0.25) is 0 Å². The summed E-state index contributed by atoms with van der Waals surface area (Å²) in [4.78, 5) is 35.6. The molecule has 0 amide bonds. The Morgan fingerprint density at radius 3 is 2.57 bits per heavy atom. The zero-order valence-electron chi connectivity index (χ0n) is 17.4. The molecule has 4 rings (SSSR count). The average Bonchev–Trinajstić information content (AvgIpc) is 3.13. The highest BCUT2D eigenvalue weighted by atomic mass is 32.1. The standard InChI is InChI=1S/C23H26FN3O2S/c1-3-26(4-2)14-20-25-22-21(17-7-5-6-8-19(17)30-22)23(29)27(20)13-18(28)15-9-11-16(24)12-10-15/h9-12H,3-8,13-14H2,1-2H3. The van der Waals surface area contributed by atoms with Crippen LogP contribution in [-0.2, 0) is 25.9 Å². The van der Waals surface area contributed by atoms with Crippen molar-refractivity contribution in [3.8, 4) is 0 Å². The van der Waals surface area contributed by atoms with Crippen molar-refractivity contribution in [3.05, 3.63) is 62.3 Å².